The monoisotopic (exact) mass is 524 g/mol. The van der Waals surface area contributed by atoms with Crippen LogP contribution >= 0.6 is 0 Å². The molecule has 0 aliphatic carbocycles. The van der Waals surface area contributed by atoms with Crippen LogP contribution in [0.15, 0.2) is 66.2 Å². The Morgan fingerprint density at radius 3 is 2.15 bits per heavy atom. The maximum Gasteiger partial charge on any atom is 0.328 e. The number of imide groups is 2. The highest BCUT2D eigenvalue weighted by Gasteiger charge is 2.27. The van der Waals surface area contributed by atoms with Gasteiger partial charge in [-0.25, -0.2) is 4.79 Å². The third-order valence-corrected chi connectivity index (χ3v) is 6.33. The summed E-state index contributed by atoms with van der Waals surface area (Å²) in [4.78, 5) is 50.9. The van der Waals surface area contributed by atoms with E-state index in [4.69, 9.17) is 0 Å². The number of phenolic OH excluding ortho intramolecular Hbond substituents is 1. The van der Waals surface area contributed by atoms with Crippen LogP contribution in [0.5, 0.6) is 5.75 Å². The average molecular weight is 525 g/mol. The highest BCUT2D eigenvalue weighted by atomic mass is 16.3. The molecule has 4 aromatic rings. The largest absolute Gasteiger partial charge is 0.505 e. The fourth-order valence-corrected chi connectivity index (χ4v) is 4.27. The number of nitrogens with zero attached hydrogens (tertiary/aromatic N) is 4. The molecule has 0 atom stereocenters. The molecule has 4 amide bonds. The predicted molar refractivity (Wildman–Crippen MR) is 143 cm³/mol. The average Bonchev–Trinajstić information content (AvgIpc) is 3.34. The van der Waals surface area contributed by atoms with Gasteiger partial charge < -0.3 is 10.0 Å². The SMILES string of the molecule is CCN(Cc1cc(C(C)=O)cc(-n2nc3ccccc3n2)c1O)c1ccc(C=C2C(=O)NC(=O)NC2=O)cc1. The second-order valence-electron chi connectivity index (χ2n) is 8.94. The highest BCUT2D eigenvalue weighted by Crippen LogP contribution is 2.31. The number of fused-ring (bicyclic) bond motifs is 1. The molecule has 2 heterocycles. The molecule has 3 N–H and O–H groups in total. The van der Waals surface area contributed by atoms with Gasteiger partial charge in [-0.1, -0.05) is 24.3 Å². The number of hydrogen-bond acceptors (Lipinski definition) is 8. The number of aromatic nitrogens is 3. The van der Waals surface area contributed by atoms with Crippen molar-refractivity contribution in [2.24, 2.45) is 0 Å². The molecule has 0 saturated carbocycles. The first-order valence-electron chi connectivity index (χ1n) is 12.2. The Balaban J connectivity index is 1.45. The number of hydrogen-bond donors (Lipinski definition) is 3. The third-order valence-electron chi connectivity index (χ3n) is 6.33. The van der Waals surface area contributed by atoms with Crippen molar-refractivity contribution in [2.45, 2.75) is 20.4 Å². The quantitative estimate of drug-likeness (QED) is 0.190. The summed E-state index contributed by atoms with van der Waals surface area (Å²) in [5, 5.41) is 24.2. The molecule has 0 bridgehead atoms. The molecule has 39 heavy (non-hydrogen) atoms. The van der Waals surface area contributed by atoms with Crippen LogP contribution in [0.1, 0.15) is 35.3 Å². The fourth-order valence-electron chi connectivity index (χ4n) is 4.27. The lowest BCUT2D eigenvalue weighted by molar-refractivity contribution is -0.123. The molecular weight excluding hydrogens is 500 g/mol. The topological polar surface area (TPSA) is 147 Å². The number of Topliss-reactive ketones (excluding diaryl/α,β-unsaturated/α-hetero) is 1. The molecule has 1 aliphatic rings. The summed E-state index contributed by atoms with van der Waals surface area (Å²) < 4.78 is 0. The highest BCUT2D eigenvalue weighted by molar-refractivity contribution is 6.31. The Labute approximate surface area is 222 Å². The lowest BCUT2D eigenvalue weighted by Gasteiger charge is -2.24. The second kappa shape index (κ2) is 10.2. The lowest BCUT2D eigenvalue weighted by atomic mass is 10.0. The Kier molecular flexibility index (Phi) is 6.63. The van der Waals surface area contributed by atoms with E-state index in [-0.39, 0.29) is 23.7 Å². The summed E-state index contributed by atoms with van der Waals surface area (Å²) in [5.74, 6) is -1.73. The Morgan fingerprint density at radius 2 is 1.59 bits per heavy atom. The molecular formula is C28H24N6O5. The van der Waals surface area contributed by atoms with Crippen molar-refractivity contribution in [3.8, 4) is 11.4 Å². The number of phenols is 1. The van der Waals surface area contributed by atoms with Crippen molar-refractivity contribution in [3.63, 3.8) is 0 Å². The standard InChI is InChI=1S/C28H24N6O5/c1-3-33(20-10-8-17(9-11-20)12-21-26(37)29-28(39)30-27(21)38)15-19-13-18(16(2)35)14-24(25(19)36)34-31-22-6-4-5-7-23(22)32-34/h4-14,36H,3,15H2,1-2H3,(H2,29,30,37,38,39). The number of nitrogens with one attached hydrogen (secondary N) is 2. The van der Waals surface area contributed by atoms with E-state index in [0.29, 0.717) is 40.0 Å². The summed E-state index contributed by atoms with van der Waals surface area (Å²) >= 11 is 0. The maximum atomic E-state index is 12.3. The summed E-state index contributed by atoms with van der Waals surface area (Å²) in [7, 11) is 0. The molecule has 11 nitrogen and oxygen atoms in total. The number of barbiturate groups is 1. The number of urea groups is 1. The van der Waals surface area contributed by atoms with Crippen LogP contribution in [0, 0.1) is 0 Å². The minimum absolute atomic E-state index is 0.0380. The van der Waals surface area contributed by atoms with Gasteiger partial charge in [-0.2, -0.15) is 0 Å². The van der Waals surface area contributed by atoms with Gasteiger partial charge in [-0.05, 0) is 61.9 Å². The van der Waals surface area contributed by atoms with E-state index >= 15 is 0 Å². The van der Waals surface area contributed by atoms with E-state index in [0.717, 1.165) is 5.69 Å². The minimum Gasteiger partial charge on any atom is -0.505 e. The first-order valence-corrected chi connectivity index (χ1v) is 12.2. The van der Waals surface area contributed by atoms with Gasteiger partial charge in [0, 0.05) is 29.9 Å². The van der Waals surface area contributed by atoms with Gasteiger partial charge in [0.1, 0.15) is 28.0 Å². The Morgan fingerprint density at radius 1 is 0.974 bits per heavy atom. The number of carbonyl (C=O) groups excluding carboxylic acids is 4. The van der Waals surface area contributed by atoms with Gasteiger partial charge in [0.05, 0.1) is 0 Å². The van der Waals surface area contributed by atoms with E-state index < -0.39 is 17.8 Å². The molecule has 1 aliphatic heterocycles. The van der Waals surface area contributed by atoms with Crippen molar-refractivity contribution in [1.82, 2.24) is 25.6 Å². The lowest BCUT2D eigenvalue weighted by Crippen LogP contribution is -2.51. The van der Waals surface area contributed by atoms with Crippen molar-refractivity contribution < 1.29 is 24.3 Å². The minimum atomic E-state index is -0.854. The molecule has 1 fully saturated rings. The molecule has 3 aromatic carbocycles. The number of rotatable bonds is 7. The smallest absolute Gasteiger partial charge is 0.328 e. The van der Waals surface area contributed by atoms with Crippen LogP contribution in [-0.2, 0) is 16.1 Å². The predicted octanol–water partition coefficient (Wildman–Crippen LogP) is 3.10. The number of anilines is 1. The van der Waals surface area contributed by atoms with Crippen LogP contribution in [0.4, 0.5) is 10.5 Å². The van der Waals surface area contributed by atoms with E-state index in [1.165, 1.54) is 17.8 Å². The van der Waals surface area contributed by atoms with Gasteiger partial charge in [0.2, 0.25) is 0 Å². The number of carbonyl (C=O) groups is 4. The summed E-state index contributed by atoms with van der Waals surface area (Å²) in [6.07, 6.45) is 1.40. The molecule has 11 heteroatoms. The zero-order valence-electron chi connectivity index (χ0n) is 21.1. The maximum absolute atomic E-state index is 12.3. The number of amides is 4. The zero-order valence-corrected chi connectivity index (χ0v) is 21.1. The zero-order chi connectivity index (χ0) is 27.7. The molecule has 196 valence electrons. The number of aromatic hydroxyl groups is 1. The number of benzene rings is 3. The normalized spacial score (nSPS) is 13.3. The van der Waals surface area contributed by atoms with Crippen molar-refractivity contribution in [1.29, 1.82) is 0 Å². The number of ketones is 1. The first kappa shape index (κ1) is 25.3. The van der Waals surface area contributed by atoms with E-state index in [1.54, 1.807) is 24.3 Å². The summed E-state index contributed by atoms with van der Waals surface area (Å²) in [6.45, 7) is 4.28. The van der Waals surface area contributed by atoms with Gasteiger partial charge >= 0.3 is 6.03 Å². The van der Waals surface area contributed by atoms with E-state index in [9.17, 15) is 24.3 Å². The molecule has 0 unspecified atom stereocenters. The van der Waals surface area contributed by atoms with Gasteiger partial charge in [-0.3, -0.25) is 25.0 Å². The van der Waals surface area contributed by atoms with Crippen LogP contribution in [0.25, 0.3) is 22.8 Å². The van der Waals surface area contributed by atoms with Crippen molar-refractivity contribution in [2.75, 3.05) is 11.4 Å². The van der Waals surface area contributed by atoms with E-state index in [2.05, 4.69) is 10.2 Å². The van der Waals surface area contributed by atoms with Crippen LogP contribution in [-0.4, -0.2) is 50.3 Å². The Bertz CT molecular complexity index is 1620. The third kappa shape index (κ3) is 5.10. The molecule has 5 rings (SSSR count). The van der Waals surface area contributed by atoms with E-state index in [1.807, 2.05) is 58.9 Å². The van der Waals surface area contributed by atoms with Crippen molar-refractivity contribution >= 4 is 46.4 Å². The molecule has 0 radical (unpaired) electrons. The summed E-state index contributed by atoms with van der Waals surface area (Å²) in [6, 6.07) is 16.8. The van der Waals surface area contributed by atoms with Gasteiger partial charge in [0.25, 0.3) is 11.8 Å². The Hall–Kier alpha value is -5.32. The summed E-state index contributed by atoms with van der Waals surface area (Å²) in [5.41, 5.74) is 3.78. The second-order valence-corrected chi connectivity index (χ2v) is 8.94. The van der Waals surface area contributed by atoms with Crippen LogP contribution in [0.2, 0.25) is 0 Å². The van der Waals surface area contributed by atoms with Crippen molar-refractivity contribution in [3.05, 3.63) is 82.9 Å². The molecule has 1 aromatic heterocycles. The van der Waals surface area contributed by atoms with Crippen LogP contribution < -0.4 is 15.5 Å². The first-order chi connectivity index (χ1) is 18.7. The van der Waals surface area contributed by atoms with Gasteiger partial charge in [-0.15, -0.1) is 15.0 Å². The van der Waals surface area contributed by atoms with Gasteiger partial charge in [0.15, 0.2) is 5.78 Å². The molecule has 0 spiro atoms. The fraction of sp³-hybridized carbons (Fsp3) is 0.143. The molecule has 1 saturated heterocycles. The van der Waals surface area contributed by atoms with Crippen LogP contribution in [0.3, 0.4) is 0 Å².